The first-order valence-corrected chi connectivity index (χ1v) is 16.5. The molecular weight excluding hydrogens is 470 g/mol. The summed E-state index contributed by atoms with van der Waals surface area (Å²) in [6, 6.07) is -0.535. The minimum Gasteiger partial charge on any atom is -0.394 e. The summed E-state index contributed by atoms with van der Waals surface area (Å²) in [5.74, 6) is -0.0443. The lowest BCUT2D eigenvalue weighted by Gasteiger charge is -2.22. The van der Waals surface area contributed by atoms with Gasteiger partial charge in [-0.05, 0) is 44.9 Å². The molecule has 2 unspecified atom stereocenters. The van der Waals surface area contributed by atoms with Crippen LogP contribution in [-0.2, 0) is 4.79 Å². The van der Waals surface area contributed by atoms with Crippen molar-refractivity contribution in [2.45, 2.75) is 180 Å². The van der Waals surface area contributed by atoms with E-state index < -0.39 is 12.1 Å². The van der Waals surface area contributed by atoms with Crippen molar-refractivity contribution in [3.05, 3.63) is 24.3 Å². The average molecular weight is 536 g/mol. The predicted molar refractivity (Wildman–Crippen MR) is 165 cm³/mol. The minimum atomic E-state index is -0.657. The Kier molecular flexibility index (Phi) is 29.5. The zero-order chi connectivity index (χ0) is 27.9. The quantitative estimate of drug-likeness (QED) is 0.0660. The molecule has 3 N–H and O–H groups in total. The van der Waals surface area contributed by atoms with E-state index in [1.807, 2.05) is 0 Å². The highest BCUT2D eigenvalue weighted by Crippen LogP contribution is 2.13. The molecule has 38 heavy (non-hydrogen) atoms. The maximum absolute atomic E-state index is 12.2. The van der Waals surface area contributed by atoms with Crippen LogP contribution in [0.2, 0.25) is 0 Å². The Labute approximate surface area is 237 Å². The molecule has 4 nitrogen and oxygen atoms in total. The largest absolute Gasteiger partial charge is 0.394 e. The van der Waals surface area contributed by atoms with Crippen LogP contribution in [-0.4, -0.2) is 34.9 Å². The van der Waals surface area contributed by atoms with Crippen LogP contribution in [0.1, 0.15) is 168 Å². The molecule has 0 saturated carbocycles. The van der Waals surface area contributed by atoms with Crippen LogP contribution in [0.4, 0.5) is 0 Å². The van der Waals surface area contributed by atoms with Crippen molar-refractivity contribution in [1.82, 2.24) is 5.32 Å². The number of amides is 1. The van der Waals surface area contributed by atoms with Crippen molar-refractivity contribution in [2.24, 2.45) is 0 Å². The molecular formula is C34H65NO3. The molecule has 1 amide bonds. The topological polar surface area (TPSA) is 69.6 Å². The molecule has 0 aromatic carbocycles. The molecule has 0 aliphatic rings. The Bertz CT molecular complexity index is 546. The minimum absolute atomic E-state index is 0.0443. The molecule has 0 saturated heterocycles. The van der Waals surface area contributed by atoms with Crippen molar-refractivity contribution >= 4 is 5.91 Å². The van der Waals surface area contributed by atoms with E-state index >= 15 is 0 Å². The van der Waals surface area contributed by atoms with Gasteiger partial charge in [0.1, 0.15) is 0 Å². The molecule has 4 heteroatoms. The van der Waals surface area contributed by atoms with Gasteiger partial charge in [0.15, 0.2) is 0 Å². The first-order valence-electron chi connectivity index (χ1n) is 16.5. The van der Waals surface area contributed by atoms with E-state index in [0.29, 0.717) is 12.8 Å². The third-order valence-electron chi connectivity index (χ3n) is 7.47. The molecule has 2 atom stereocenters. The highest BCUT2D eigenvalue weighted by molar-refractivity contribution is 5.76. The summed E-state index contributed by atoms with van der Waals surface area (Å²) >= 11 is 0. The Balaban J connectivity index is 3.58. The summed E-state index contributed by atoms with van der Waals surface area (Å²) in [5, 5.41) is 22.8. The Morgan fingerprint density at radius 1 is 0.632 bits per heavy atom. The molecule has 224 valence electrons. The van der Waals surface area contributed by atoms with Gasteiger partial charge in [0.05, 0.1) is 18.8 Å². The normalized spacial score (nSPS) is 13.5. The summed E-state index contributed by atoms with van der Waals surface area (Å²) < 4.78 is 0. The van der Waals surface area contributed by atoms with E-state index in [0.717, 1.165) is 32.1 Å². The zero-order valence-corrected chi connectivity index (χ0v) is 25.4. The summed E-state index contributed by atoms with van der Waals surface area (Å²) in [6.45, 7) is 4.29. The number of rotatable bonds is 29. The number of allylic oxidation sites excluding steroid dienone is 4. The Morgan fingerprint density at radius 3 is 1.61 bits per heavy atom. The lowest BCUT2D eigenvalue weighted by molar-refractivity contribution is -0.123. The van der Waals surface area contributed by atoms with E-state index in [2.05, 4.69) is 43.5 Å². The molecule has 0 fully saturated rings. The van der Waals surface area contributed by atoms with Crippen molar-refractivity contribution in [2.75, 3.05) is 6.61 Å². The average Bonchev–Trinajstić information content (AvgIpc) is 2.92. The highest BCUT2D eigenvalue weighted by atomic mass is 16.3. The highest BCUT2D eigenvalue weighted by Gasteiger charge is 2.19. The van der Waals surface area contributed by atoms with Gasteiger partial charge in [-0.3, -0.25) is 4.79 Å². The lowest BCUT2D eigenvalue weighted by atomic mass is 10.0. The smallest absolute Gasteiger partial charge is 0.220 e. The molecule has 0 bridgehead atoms. The first kappa shape index (κ1) is 36.9. The predicted octanol–water partition coefficient (Wildman–Crippen LogP) is 9.34. The van der Waals surface area contributed by atoms with Gasteiger partial charge >= 0.3 is 0 Å². The lowest BCUT2D eigenvalue weighted by Crippen LogP contribution is -2.45. The van der Waals surface area contributed by atoms with Crippen LogP contribution >= 0.6 is 0 Å². The number of aliphatic hydroxyl groups excluding tert-OH is 2. The summed E-state index contributed by atoms with van der Waals surface area (Å²) in [7, 11) is 0. The van der Waals surface area contributed by atoms with Crippen LogP contribution in [0, 0.1) is 0 Å². The second-order valence-corrected chi connectivity index (χ2v) is 11.2. The molecule has 0 rings (SSSR count). The first-order chi connectivity index (χ1) is 18.7. The standard InChI is InChI=1S/C34H65NO3/c1-3-5-7-9-11-13-14-15-16-17-18-19-20-21-22-24-26-28-30-34(38)35-32(31-36)33(37)29-27-25-23-12-10-8-6-4-2/h13-14,16-17,32-33,36-37H,3-12,15,18-31H2,1-2H3,(H,35,38)/b14-13-,17-16-. The fourth-order valence-corrected chi connectivity index (χ4v) is 4.86. The SMILES string of the molecule is CCCCCC/C=C\C/C=C\CCCCCCCCCC(=O)NC(CO)C(O)CCCCCCCCCC. The number of hydrogen-bond acceptors (Lipinski definition) is 3. The third-order valence-corrected chi connectivity index (χ3v) is 7.47. The molecule has 0 aromatic heterocycles. The summed E-state index contributed by atoms with van der Waals surface area (Å²) in [4.78, 5) is 12.2. The summed E-state index contributed by atoms with van der Waals surface area (Å²) in [5.41, 5.74) is 0. The molecule has 0 aliphatic carbocycles. The second-order valence-electron chi connectivity index (χ2n) is 11.2. The van der Waals surface area contributed by atoms with Crippen molar-refractivity contribution < 1.29 is 15.0 Å². The van der Waals surface area contributed by atoms with E-state index in [-0.39, 0.29) is 12.5 Å². The number of nitrogens with one attached hydrogen (secondary N) is 1. The van der Waals surface area contributed by atoms with Crippen molar-refractivity contribution in [3.63, 3.8) is 0 Å². The molecule has 0 radical (unpaired) electrons. The monoisotopic (exact) mass is 535 g/mol. The van der Waals surface area contributed by atoms with Crippen LogP contribution in [0.3, 0.4) is 0 Å². The fraction of sp³-hybridized carbons (Fsp3) is 0.853. The summed E-state index contributed by atoms with van der Waals surface area (Å²) in [6.07, 6.45) is 36.5. The van der Waals surface area contributed by atoms with Crippen LogP contribution in [0.15, 0.2) is 24.3 Å². The number of carbonyl (C=O) groups excluding carboxylic acids is 1. The third kappa shape index (κ3) is 26.5. The number of carbonyl (C=O) groups is 1. The van der Waals surface area contributed by atoms with Gasteiger partial charge in [-0.25, -0.2) is 0 Å². The second kappa shape index (κ2) is 30.4. The van der Waals surface area contributed by atoms with E-state index in [1.165, 1.54) is 109 Å². The number of aliphatic hydroxyl groups is 2. The molecule has 0 aromatic rings. The zero-order valence-electron chi connectivity index (χ0n) is 25.4. The van der Waals surface area contributed by atoms with Gasteiger partial charge in [-0.1, -0.05) is 141 Å². The molecule has 0 aliphatic heterocycles. The van der Waals surface area contributed by atoms with E-state index in [1.54, 1.807) is 0 Å². The van der Waals surface area contributed by atoms with E-state index in [9.17, 15) is 15.0 Å². The number of unbranched alkanes of at least 4 members (excludes halogenated alkanes) is 18. The van der Waals surface area contributed by atoms with Crippen LogP contribution in [0.25, 0.3) is 0 Å². The van der Waals surface area contributed by atoms with Gasteiger partial charge in [0, 0.05) is 6.42 Å². The van der Waals surface area contributed by atoms with Crippen molar-refractivity contribution in [1.29, 1.82) is 0 Å². The number of hydrogen-bond donors (Lipinski definition) is 3. The van der Waals surface area contributed by atoms with Gasteiger partial charge in [-0.15, -0.1) is 0 Å². The van der Waals surface area contributed by atoms with Crippen molar-refractivity contribution in [3.8, 4) is 0 Å². The fourth-order valence-electron chi connectivity index (χ4n) is 4.86. The van der Waals surface area contributed by atoms with E-state index in [4.69, 9.17) is 0 Å². The molecule has 0 spiro atoms. The Morgan fingerprint density at radius 2 is 1.08 bits per heavy atom. The van der Waals surface area contributed by atoms with Gasteiger partial charge in [0.25, 0.3) is 0 Å². The maximum atomic E-state index is 12.2. The maximum Gasteiger partial charge on any atom is 0.220 e. The van der Waals surface area contributed by atoms with Crippen LogP contribution < -0.4 is 5.32 Å². The van der Waals surface area contributed by atoms with Gasteiger partial charge in [-0.2, -0.15) is 0 Å². The van der Waals surface area contributed by atoms with Gasteiger partial charge < -0.3 is 15.5 Å². The van der Waals surface area contributed by atoms with Crippen LogP contribution in [0.5, 0.6) is 0 Å². The molecule has 0 heterocycles. The van der Waals surface area contributed by atoms with Gasteiger partial charge in [0.2, 0.25) is 5.91 Å². The Hall–Kier alpha value is -1.13.